The number of anilines is 3. The van der Waals surface area contributed by atoms with Crippen LogP contribution >= 0.6 is 0 Å². The lowest BCUT2D eigenvalue weighted by Gasteiger charge is -2.17. The van der Waals surface area contributed by atoms with Crippen molar-refractivity contribution in [3.8, 4) is 6.07 Å². The summed E-state index contributed by atoms with van der Waals surface area (Å²) in [5.41, 5.74) is 6.89. The quantitative estimate of drug-likeness (QED) is 0.609. The number of benzene rings is 1. The van der Waals surface area contributed by atoms with Crippen molar-refractivity contribution >= 4 is 34.1 Å². The van der Waals surface area contributed by atoms with Crippen LogP contribution in [0.3, 0.4) is 0 Å². The summed E-state index contributed by atoms with van der Waals surface area (Å²) in [6.45, 7) is 0. The van der Waals surface area contributed by atoms with Crippen LogP contribution in [0.15, 0.2) is 42.6 Å². The number of nitrogens with zero attached hydrogens (tertiary/aromatic N) is 3. The van der Waals surface area contributed by atoms with E-state index in [1.165, 1.54) is 0 Å². The van der Waals surface area contributed by atoms with Crippen LogP contribution in [-0.2, 0) is 4.79 Å². The molecule has 8 heteroatoms. The Labute approximate surface area is 160 Å². The number of rotatable bonds is 6. The second-order valence-electron chi connectivity index (χ2n) is 6.73. The van der Waals surface area contributed by atoms with E-state index in [0.29, 0.717) is 5.69 Å². The molecule has 28 heavy (non-hydrogen) atoms. The van der Waals surface area contributed by atoms with Crippen molar-refractivity contribution in [1.29, 1.82) is 5.26 Å². The summed E-state index contributed by atoms with van der Waals surface area (Å²) < 4.78 is 14.4. The van der Waals surface area contributed by atoms with Crippen molar-refractivity contribution in [3.05, 3.63) is 54.0 Å². The number of primary amides is 1. The van der Waals surface area contributed by atoms with E-state index >= 15 is 0 Å². The zero-order valence-electron chi connectivity index (χ0n) is 14.8. The number of amides is 1. The van der Waals surface area contributed by atoms with E-state index in [9.17, 15) is 14.4 Å². The van der Waals surface area contributed by atoms with Crippen LogP contribution in [0, 0.1) is 23.1 Å². The Morgan fingerprint density at radius 1 is 1.29 bits per heavy atom. The van der Waals surface area contributed by atoms with Crippen LogP contribution < -0.4 is 16.4 Å². The largest absolute Gasteiger partial charge is 0.368 e. The number of aromatic nitrogens is 2. The summed E-state index contributed by atoms with van der Waals surface area (Å²) in [4.78, 5) is 20.2. The molecule has 0 spiro atoms. The third-order valence-electron chi connectivity index (χ3n) is 4.64. The monoisotopic (exact) mass is 376 g/mol. The second-order valence-corrected chi connectivity index (χ2v) is 6.73. The average Bonchev–Trinajstić information content (AvgIpc) is 3.52. The van der Waals surface area contributed by atoms with Crippen LogP contribution in [0.2, 0.25) is 0 Å². The summed E-state index contributed by atoms with van der Waals surface area (Å²) in [6.07, 6.45) is 3.32. The minimum atomic E-state index is -0.717. The number of halogens is 1. The molecule has 140 valence electrons. The SMILES string of the molecule is N#Cc1cc(F)c(N[C@@H](C(N)=O)C2CC2)nc1Nc1cnc2ccccc2c1. The van der Waals surface area contributed by atoms with Gasteiger partial charge in [0.25, 0.3) is 0 Å². The minimum absolute atomic E-state index is 0.0401. The summed E-state index contributed by atoms with van der Waals surface area (Å²) in [5, 5.41) is 16.1. The number of pyridine rings is 2. The highest BCUT2D eigenvalue weighted by Crippen LogP contribution is 2.35. The first-order valence-corrected chi connectivity index (χ1v) is 8.83. The number of hydrogen-bond acceptors (Lipinski definition) is 6. The first-order valence-electron chi connectivity index (χ1n) is 8.83. The topological polar surface area (TPSA) is 117 Å². The van der Waals surface area contributed by atoms with E-state index in [-0.39, 0.29) is 23.1 Å². The Balaban J connectivity index is 1.66. The molecule has 1 aromatic carbocycles. The molecular formula is C20H17FN6O. The number of para-hydroxylation sites is 1. The predicted octanol–water partition coefficient (Wildman–Crippen LogP) is 3.06. The third kappa shape index (κ3) is 3.55. The Hall–Kier alpha value is -3.73. The fourth-order valence-corrected chi connectivity index (χ4v) is 3.04. The van der Waals surface area contributed by atoms with E-state index in [1.54, 1.807) is 6.20 Å². The maximum Gasteiger partial charge on any atom is 0.240 e. The van der Waals surface area contributed by atoms with Gasteiger partial charge >= 0.3 is 0 Å². The number of nitrogens with one attached hydrogen (secondary N) is 2. The van der Waals surface area contributed by atoms with Crippen molar-refractivity contribution < 1.29 is 9.18 Å². The van der Waals surface area contributed by atoms with Gasteiger partial charge in [0.15, 0.2) is 17.5 Å². The van der Waals surface area contributed by atoms with E-state index in [1.807, 2.05) is 36.4 Å². The number of carbonyl (C=O) groups excluding carboxylic acids is 1. The standard InChI is InChI=1S/C20H17FN6O/c21-15-8-13(9-22)19(27-20(15)26-17(18(23)28)11-5-6-11)25-14-7-12-3-1-2-4-16(12)24-10-14/h1-4,7-8,10-11,17H,5-6H2,(H2,23,28)(H2,25,26,27)/t17-/m1/s1. The van der Waals surface area contributed by atoms with Crippen molar-refractivity contribution in [1.82, 2.24) is 9.97 Å². The molecule has 0 saturated heterocycles. The Morgan fingerprint density at radius 3 is 2.79 bits per heavy atom. The van der Waals surface area contributed by atoms with Crippen molar-refractivity contribution in [3.63, 3.8) is 0 Å². The molecule has 4 rings (SSSR count). The molecule has 0 unspecified atom stereocenters. The minimum Gasteiger partial charge on any atom is -0.368 e. The van der Waals surface area contributed by atoms with Gasteiger partial charge in [-0.2, -0.15) is 5.26 Å². The molecule has 1 amide bonds. The molecule has 4 N–H and O–H groups in total. The number of carbonyl (C=O) groups is 1. The highest BCUT2D eigenvalue weighted by Gasteiger charge is 2.35. The lowest BCUT2D eigenvalue weighted by molar-refractivity contribution is -0.119. The first-order chi connectivity index (χ1) is 13.5. The smallest absolute Gasteiger partial charge is 0.240 e. The number of fused-ring (bicyclic) bond motifs is 1. The van der Waals surface area contributed by atoms with Crippen molar-refractivity contribution in [2.75, 3.05) is 10.6 Å². The van der Waals surface area contributed by atoms with E-state index in [4.69, 9.17) is 5.73 Å². The van der Waals surface area contributed by atoms with E-state index < -0.39 is 17.8 Å². The lowest BCUT2D eigenvalue weighted by Crippen LogP contribution is -2.37. The molecule has 1 atom stereocenters. The van der Waals surface area contributed by atoms with E-state index in [0.717, 1.165) is 29.8 Å². The highest BCUT2D eigenvalue weighted by molar-refractivity contribution is 5.84. The van der Waals surface area contributed by atoms with Gasteiger partial charge in [0.2, 0.25) is 5.91 Å². The molecule has 1 aliphatic carbocycles. The fraction of sp³-hybridized carbons (Fsp3) is 0.200. The highest BCUT2D eigenvalue weighted by atomic mass is 19.1. The Morgan fingerprint density at radius 2 is 2.07 bits per heavy atom. The fourth-order valence-electron chi connectivity index (χ4n) is 3.04. The summed E-state index contributed by atoms with van der Waals surface area (Å²) in [6, 6.07) is 11.8. The molecular weight excluding hydrogens is 359 g/mol. The molecule has 0 bridgehead atoms. The van der Waals surface area contributed by atoms with Crippen molar-refractivity contribution in [2.24, 2.45) is 11.7 Å². The maximum atomic E-state index is 14.4. The van der Waals surface area contributed by atoms with Crippen LogP contribution in [0.25, 0.3) is 10.9 Å². The Kier molecular flexibility index (Phi) is 4.49. The molecule has 2 heterocycles. The number of nitriles is 1. The van der Waals surface area contributed by atoms with Crippen LogP contribution in [0.5, 0.6) is 0 Å². The van der Waals surface area contributed by atoms with Crippen LogP contribution in [0.1, 0.15) is 18.4 Å². The van der Waals surface area contributed by atoms with Gasteiger partial charge in [-0.15, -0.1) is 0 Å². The van der Waals surface area contributed by atoms with Gasteiger partial charge in [-0.1, -0.05) is 18.2 Å². The summed E-state index contributed by atoms with van der Waals surface area (Å²) >= 11 is 0. The van der Waals surface area contributed by atoms with Gasteiger partial charge in [-0.05, 0) is 37.0 Å². The van der Waals surface area contributed by atoms with Gasteiger partial charge in [0.05, 0.1) is 23.0 Å². The Bertz CT molecular complexity index is 1110. The molecule has 0 aliphatic heterocycles. The van der Waals surface area contributed by atoms with Gasteiger partial charge in [0.1, 0.15) is 12.1 Å². The van der Waals surface area contributed by atoms with Crippen LogP contribution in [-0.4, -0.2) is 21.9 Å². The molecule has 0 radical (unpaired) electrons. The molecule has 7 nitrogen and oxygen atoms in total. The van der Waals surface area contributed by atoms with Crippen molar-refractivity contribution in [2.45, 2.75) is 18.9 Å². The number of hydrogen-bond donors (Lipinski definition) is 3. The zero-order chi connectivity index (χ0) is 19.7. The summed E-state index contributed by atoms with van der Waals surface area (Å²) in [7, 11) is 0. The average molecular weight is 376 g/mol. The zero-order valence-corrected chi connectivity index (χ0v) is 14.8. The molecule has 1 saturated carbocycles. The third-order valence-corrected chi connectivity index (χ3v) is 4.64. The lowest BCUT2D eigenvalue weighted by atomic mass is 10.1. The second kappa shape index (κ2) is 7.12. The maximum absolute atomic E-state index is 14.4. The predicted molar refractivity (Wildman–Crippen MR) is 103 cm³/mol. The molecule has 1 fully saturated rings. The summed E-state index contributed by atoms with van der Waals surface area (Å²) in [5.74, 6) is -1.14. The van der Waals surface area contributed by atoms with Gasteiger partial charge in [-0.25, -0.2) is 9.37 Å². The molecule has 1 aliphatic rings. The van der Waals surface area contributed by atoms with Gasteiger partial charge in [-0.3, -0.25) is 9.78 Å². The van der Waals surface area contributed by atoms with Crippen LogP contribution in [0.4, 0.5) is 21.7 Å². The van der Waals surface area contributed by atoms with Gasteiger partial charge in [0, 0.05) is 5.39 Å². The van der Waals surface area contributed by atoms with E-state index in [2.05, 4.69) is 20.6 Å². The molecule has 2 aromatic heterocycles. The first kappa shape index (κ1) is 17.7. The normalized spacial score (nSPS) is 14.3. The number of nitrogens with two attached hydrogens (primary N) is 1. The molecule has 3 aromatic rings. The van der Waals surface area contributed by atoms with Gasteiger partial charge < -0.3 is 16.4 Å².